The molecule has 1 aromatic carbocycles. The third-order valence-electron chi connectivity index (χ3n) is 3.72. The molecule has 0 atom stereocenters. The molecule has 5 heteroatoms. The van der Waals surface area contributed by atoms with Gasteiger partial charge in [0.15, 0.2) is 0 Å². The lowest BCUT2D eigenvalue weighted by molar-refractivity contribution is -0.110. The third-order valence-corrected chi connectivity index (χ3v) is 3.72. The van der Waals surface area contributed by atoms with Gasteiger partial charge < -0.3 is 15.6 Å². The van der Waals surface area contributed by atoms with Crippen molar-refractivity contribution >= 4 is 28.9 Å². The minimum atomic E-state index is -0.112. The lowest BCUT2D eigenvalue weighted by Crippen LogP contribution is -2.03. The number of H-pyrrole nitrogens is 1. The highest BCUT2D eigenvalue weighted by molar-refractivity contribution is 6.35. The first kappa shape index (κ1) is 14.9. The molecule has 1 amide bonds. The van der Waals surface area contributed by atoms with Crippen molar-refractivity contribution in [1.82, 2.24) is 9.97 Å². The molecule has 0 bridgehead atoms. The first-order chi connectivity index (χ1) is 11.1. The van der Waals surface area contributed by atoms with Crippen LogP contribution in [0.2, 0.25) is 0 Å². The van der Waals surface area contributed by atoms with E-state index in [0.717, 1.165) is 40.6 Å². The van der Waals surface area contributed by atoms with Crippen LogP contribution in [-0.2, 0) is 11.2 Å². The average molecular weight is 306 g/mol. The number of nitrogens with zero attached hydrogens (tertiary/aromatic N) is 1. The number of benzene rings is 1. The summed E-state index contributed by atoms with van der Waals surface area (Å²) in [6, 6.07) is 8.50. The van der Waals surface area contributed by atoms with E-state index in [9.17, 15) is 4.79 Å². The molecule has 0 spiro atoms. The second-order valence-corrected chi connectivity index (χ2v) is 5.32. The molecule has 5 nitrogen and oxygen atoms in total. The number of rotatable bonds is 3. The topological polar surface area (TPSA) is 69.8 Å². The smallest absolute Gasteiger partial charge is 0.256 e. The van der Waals surface area contributed by atoms with Crippen LogP contribution in [0.3, 0.4) is 0 Å². The minimum absolute atomic E-state index is 0.112. The number of aromatic nitrogens is 2. The maximum Gasteiger partial charge on any atom is 0.256 e. The molecule has 0 saturated heterocycles. The van der Waals surface area contributed by atoms with Crippen LogP contribution >= 0.6 is 0 Å². The number of hydrogen-bond donors (Lipinski definition) is 3. The number of imidazole rings is 1. The molecule has 0 radical (unpaired) electrons. The van der Waals surface area contributed by atoms with Gasteiger partial charge in [-0.2, -0.15) is 0 Å². The van der Waals surface area contributed by atoms with E-state index in [-0.39, 0.29) is 5.91 Å². The maximum absolute atomic E-state index is 12.3. The van der Waals surface area contributed by atoms with Gasteiger partial charge in [0.1, 0.15) is 5.82 Å². The maximum atomic E-state index is 12.3. The predicted octanol–water partition coefficient (Wildman–Crippen LogP) is 3.17. The van der Waals surface area contributed by atoms with Gasteiger partial charge in [0, 0.05) is 35.1 Å². The van der Waals surface area contributed by atoms with Gasteiger partial charge >= 0.3 is 0 Å². The molecule has 0 saturated carbocycles. The average Bonchev–Trinajstić information content (AvgIpc) is 3.06. The largest absolute Gasteiger partial charge is 0.346 e. The summed E-state index contributed by atoms with van der Waals surface area (Å²) >= 11 is 0. The number of aromatic amines is 1. The van der Waals surface area contributed by atoms with Gasteiger partial charge in [-0.3, -0.25) is 4.79 Å². The van der Waals surface area contributed by atoms with E-state index >= 15 is 0 Å². The molecule has 0 unspecified atom stereocenters. The van der Waals surface area contributed by atoms with Gasteiger partial charge in [-0.1, -0.05) is 12.8 Å². The summed E-state index contributed by atoms with van der Waals surface area (Å²) in [5, 5.41) is 5.88. The fourth-order valence-corrected chi connectivity index (χ4v) is 2.53. The summed E-state index contributed by atoms with van der Waals surface area (Å²) in [4.78, 5) is 20.0. The lowest BCUT2D eigenvalue weighted by atomic mass is 10.0. The van der Waals surface area contributed by atoms with Gasteiger partial charge in [0.05, 0.1) is 11.3 Å². The highest BCUT2D eigenvalue weighted by atomic mass is 16.2. The van der Waals surface area contributed by atoms with Crippen LogP contribution in [0.1, 0.15) is 36.6 Å². The van der Waals surface area contributed by atoms with E-state index in [1.54, 1.807) is 6.92 Å². The van der Waals surface area contributed by atoms with Crippen LogP contribution in [0.4, 0.5) is 11.4 Å². The van der Waals surface area contributed by atoms with Crippen molar-refractivity contribution in [3.63, 3.8) is 0 Å². The molecule has 23 heavy (non-hydrogen) atoms. The van der Waals surface area contributed by atoms with Crippen molar-refractivity contribution in [1.29, 1.82) is 0 Å². The SMILES string of the molecule is CC#CNc1ccc2c(c1)/C(=C/c1nc(CC)[nH]c1C)C(=O)N2. The number of aryl methyl sites for hydroxylation is 2. The minimum Gasteiger partial charge on any atom is -0.346 e. The Labute approximate surface area is 135 Å². The van der Waals surface area contributed by atoms with E-state index in [2.05, 4.69) is 32.6 Å². The van der Waals surface area contributed by atoms with Crippen LogP contribution in [0, 0.1) is 18.9 Å². The van der Waals surface area contributed by atoms with Gasteiger partial charge in [0.25, 0.3) is 5.91 Å². The van der Waals surface area contributed by atoms with Gasteiger partial charge in [-0.05, 0) is 38.1 Å². The van der Waals surface area contributed by atoms with Crippen molar-refractivity contribution in [2.45, 2.75) is 27.2 Å². The molecule has 1 aliphatic rings. The molecule has 2 heterocycles. The fourth-order valence-electron chi connectivity index (χ4n) is 2.53. The molecular formula is C18H18N4O. The highest BCUT2D eigenvalue weighted by Gasteiger charge is 2.25. The standard InChI is InChI=1S/C18H18N4O/c1-4-8-19-12-6-7-15-13(9-12)14(18(23)22-15)10-16-11(3)20-17(5-2)21-16/h6-7,9-10,19H,5H2,1-3H3,(H,20,21)(H,22,23)/b14-10-. The number of carbonyl (C=O) groups excluding carboxylic acids is 1. The zero-order valence-corrected chi connectivity index (χ0v) is 13.4. The second kappa shape index (κ2) is 6.01. The van der Waals surface area contributed by atoms with Crippen LogP contribution in [0.15, 0.2) is 18.2 Å². The van der Waals surface area contributed by atoms with Gasteiger partial charge in [-0.25, -0.2) is 4.98 Å². The van der Waals surface area contributed by atoms with Crippen molar-refractivity contribution in [3.8, 4) is 12.0 Å². The fraction of sp³-hybridized carbons (Fsp3) is 0.222. The molecular weight excluding hydrogens is 288 g/mol. The van der Waals surface area contributed by atoms with Crippen LogP contribution < -0.4 is 10.6 Å². The van der Waals surface area contributed by atoms with Gasteiger partial charge in [0.2, 0.25) is 0 Å². The Morgan fingerprint density at radius 2 is 2.22 bits per heavy atom. The number of anilines is 2. The summed E-state index contributed by atoms with van der Waals surface area (Å²) < 4.78 is 0. The van der Waals surface area contributed by atoms with E-state index in [1.807, 2.05) is 38.1 Å². The summed E-state index contributed by atoms with van der Waals surface area (Å²) in [5.41, 5.74) is 4.89. The number of nitrogens with one attached hydrogen (secondary N) is 3. The van der Waals surface area contributed by atoms with E-state index < -0.39 is 0 Å². The second-order valence-electron chi connectivity index (χ2n) is 5.32. The molecule has 0 aliphatic carbocycles. The van der Waals surface area contributed by atoms with Crippen LogP contribution in [0.25, 0.3) is 11.6 Å². The van der Waals surface area contributed by atoms with E-state index in [0.29, 0.717) is 5.57 Å². The van der Waals surface area contributed by atoms with Crippen molar-refractivity contribution in [3.05, 3.63) is 41.0 Å². The molecule has 2 aromatic rings. The first-order valence-corrected chi connectivity index (χ1v) is 7.53. The predicted molar refractivity (Wildman–Crippen MR) is 92.7 cm³/mol. The normalized spacial score (nSPS) is 14.2. The molecule has 3 rings (SSSR count). The molecule has 1 aliphatic heterocycles. The molecule has 116 valence electrons. The van der Waals surface area contributed by atoms with Gasteiger partial charge in [-0.15, -0.1) is 0 Å². The first-order valence-electron chi connectivity index (χ1n) is 7.53. The number of amides is 1. The Morgan fingerprint density at radius 1 is 1.39 bits per heavy atom. The molecule has 1 aromatic heterocycles. The molecule has 0 fully saturated rings. The Kier molecular flexibility index (Phi) is 3.90. The summed E-state index contributed by atoms with van der Waals surface area (Å²) in [5.74, 6) is 3.59. The number of fused-ring (bicyclic) bond motifs is 1. The Hall–Kier alpha value is -3.00. The highest BCUT2D eigenvalue weighted by Crippen LogP contribution is 2.35. The quantitative estimate of drug-likeness (QED) is 0.463. The zero-order chi connectivity index (χ0) is 16.4. The molecule has 3 N–H and O–H groups in total. The van der Waals surface area contributed by atoms with Crippen LogP contribution in [-0.4, -0.2) is 15.9 Å². The summed E-state index contributed by atoms with van der Waals surface area (Å²) in [6.45, 7) is 5.77. The Morgan fingerprint density at radius 3 is 2.91 bits per heavy atom. The van der Waals surface area contributed by atoms with E-state index in [1.165, 1.54) is 0 Å². The van der Waals surface area contributed by atoms with Crippen LogP contribution in [0.5, 0.6) is 0 Å². The zero-order valence-electron chi connectivity index (χ0n) is 13.4. The van der Waals surface area contributed by atoms with Crippen molar-refractivity contribution in [2.24, 2.45) is 0 Å². The summed E-state index contributed by atoms with van der Waals surface area (Å²) in [7, 11) is 0. The van der Waals surface area contributed by atoms with E-state index in [4.69, 9.17) is 0 Å². The third kappa shape index (κ3) is 2.84. The lowest BCUT2D eigenvalue weighted by Gasteiger charge is -2.02. The Balaban J connectivity index is 2.03. The number of carbonyl (C=O) groups is 1. The number of hydrogen-bond acceptors (Lipinski definition) is 3. The van der Waals surface area contributed by atoms with Crippen molar-refractivity contribution in [2.75, 3.05) is 10.6 Å². The Bertz CT molecular complexity index is 865. The monoisotopic (exact) mass is 306 g/mol. The summed E-state index contributed by atoms with van der Waals surface area (Å²) in [6.07, 6.45) is 2.66. The van der Waals surface area contributed by atoms with Crippen molar-refractivity contribution < 1.29 is 4.79 Å².